The van der Waals surface area contributed by atoms with Crippen LogP contribution in [0.3, 0.4) is 0 Å². The summed E-state index contributed by atoms with van der Waals surface area (Å²) < 4.78 is 0. The van der Waals surface area contributed by atoms with Crippen LogP contribution in [0.25, 0.3) is 0 Å². The molecular weight excluding hydrogens is 262 g/mol. The van der Waals surface area contributed by atoms with Gasteiger partial charge in [0.25, 0.3) is 0 Å². The van der Waals surface area contributed by atoms with E-state index in [1.165, 1.54) is 0 Å². The van der Waals surface area contributed by atoms with E-state index >= 15 is 0 Å². The number of anilines is 1. The van der Waals surface area contributed by atoms with E-state index in [4.69, 9.17) is 16.9 Å². The summed E-state index contributed by atoms with van der Waals surface area (Å²) >= 11 is 6.03. The van der Waals surface area contributed by atoms with Crippen molar-refractivity contribution in [3.05, 3.63) is 28.8 Å². The first-order valence-electron chi connectivity index (χ1n) is 6.35. The van der Waals surface area contributed by atoms with Gasteiger partial charge in [-0.2, -0.15) is 5.26 Å². The number of hydrogen-bond donors (Lipinski definition) is 2. The van der Waals surface area contributed by atoms with Crippen LogP contribution in [0.4, 0.5) is 5.69 Å². The second-order valence-corrected chi connectivity index (χ2v) is 5.25. The highest BCUT2D eigenvalue weighted by molar-refractivity contribution is 6.33. The molecule has 0 aromatic heterocycles. The molecule has 0 saturated carbocycles. The smallest absolute Gasteiger partial charge is 0.241 e. The van der Waals surface area contributed by atoms with Gasteiger partial charge in [-0.25, -0.2) is 0 Å². The van der Waals surface area contributed by atoms with Crippen LogP contribution in [-0.2, 0) is 4.79 Å². The third kappa shape index (κ3) is 3.25. The Hall–Kier alpha value is -1.57. The molecule has 1 aliphatic rings. The SMILES string of the molecule is CC1CCCNC1C(=O)Nc1cc(C#N)ccc1Cl. The normalized spacial score (nSPS) is 22.6. The Morgan fingerprint density at radius 2 is 2.37 bits per heavy atom. The highest BCUT2D eigenvalue weighted by Gasteiger charge is 2.27. The molecule has 0 bridgehead atoms. The average Bonchev–Trinajstić information content (AvgIpc) is 2.41. The van der Waals surface area contributed by atoms with Crippen LogP contribution < -0.4 is 10.6 Å². The van der Waals surface area contributed by atoms with Gasteiger partial charge in [0.05, 0.1) is 28.4 Å². The summed E-state index contributed by atoms with van der Waals surface area (Å²) in [5.41, 5.74) is 0.967. The summed E-state index contributed by atoms with van der Waals surface area (Å²) in [6.45, 7) is 2.91. The van der Waals surface area contributed by atoms with Crippen LogP contribution in [-0.4, -0.2) is 18.5 Å². The molecule has 1 aromatic carbocycles. The minimum atomic E-state index is -0.199. The van der Waals surface area contributed by atoms with Gasteiger partial charge in [-0.15, -0.1) is 0 Å². The number of piperidine rings is 1. The van der Waals surface area contributed by atoms with Crippen molar-refractivity contribution in [2.75, 3.05) is 11.9 Å². The highest BCUT2D eigenvalue weighted by Crippen LogP contribution is 2.24. The van der Waals surface area contributed by atoms with Gasteiger partial charge in [0.15, 0.2) is 0 Å². The second-order valence-electron chi connectivity index (χ2n) is 4.85. The molecule has 0 aliphatic carbocycles. The fourth-order valence-electron chi connectivity index (χ4n) is 2.30. The lowest BCUT2D eigenvalue weighted by molar-refractivity contribution is -0.119. The molecule has 1 aromatic rings. The Morgan fingerprint density at radius 1 is 1.58 bits per heavy atom. The van der Waals surface area contributed by atoms with Crippen molar-refractivity contribution < 1.29 is 4.79 Å². The third-order valence-electron chi connectivity index (χ3n) is 3.41. The van der Waals surface area contributed by atoms with Gasteiger partial charge in [0, 0.05) is 0 Å². The number of nitrogens with zero attached hydrogens (tertiary/aromatic N) is 1. The number of nitriles is 1. The Morgan fingerprint density at radius 3 is 3.05 bits per heavy atom. The van der Waals surface area contributed by atoms with Crippen molar-refractivity contribution in [2.24, 2.45) is 5.92 Å². The summed E-state index contributed by atoms with van der Waals surface area (Å²) in [5.74, 6) is 0.205. The zero-order valence-corrected chi connectivity index (χ0v) is 11.5. The molecule has 2 unspecified atom stereocenters. The van der Waals surface area contributed by atoms with Crippen LogP contribution in [0.2, 0.25) is 5.02 Å². The van der Waals surface area contributed by atoms with Crippen molar-refractivity contribution in [3.63, 3.8) is 0 Å². The Kier molecular flexibility index (Phi) is 4.41. The molecule has 1 aliphatic heterocycles. The standard InChI is InChI=1S/C14H16ClN3O/c1-9-3-2-6-17-13(9)14(19)18-12-7-10(8-16)4-5-11(12)15/h4-5,7,9,13,17H,2-3,6H2,1H3,(H,18,19). The molecule has 2 atom stereocenters. The number of amides is 1. The van der Waals surface area contributed by atoms with Gasteiger partial charge in [0.1, 0.15) is 0 Å². The number of rotatable bonds is 2. The molecular formula is C14H16ClN3O. The second kappa shape index (κ2) is 6.05. The fraction of sp³-hybridized carbons (Fsp3) is 0.429. The molecule has 5 heteroatoms. The number of carbonyl (C=O) groups excluding carboxylic acids is 1. The molecule has 1 fully saturated rings. The molecule has 4 nitrogen and oxygen atoms in total. The van der Waals surface area contributed by atoms with E-state index in [9.17, 15) is 4.79 Å². The van der Waals surface area contributed by atoms with Crippen molar-refractivity contribution in [1.29, 1.82) is 5.26 Å². The van der Waals surface area contributed by atoms with Gasteiger partial charge in [-0.1, -0.05) is 18.5 Å². The number of halogens is 1. The number of hydrogen-bond acceptors (Lipinski definition) is 3. The van der Waals surface area contributed by atoms with Gasteiger partial charge in [-0.05, 0) is 43.5 Å². The Labute approximate surface area is 117 Å². The van der Waals surface area contributed by atoms with E-state index < -0.39 is 0 Å². The molecule has 0 spiro atoms. The molecule has 2 N–H and O–H groups in total. The molecule has 1 amide bonds. The predicted molar refractivity (Wildman–Crippen MR) is 75.0 cm³/mol. The Bertz CT molecular complexity index is 524. The molecule has 1 saturated heterocycles. The van der Waals surface area contributed by atoms with Crippen LogP contribution in [0.15, 0.2) is 18.2 Å². The topological polar surface area (TPSA) is 64.9 Å². The van der Waals surface area contributed by atoms with Crippen LogP contribution in [0.1, 0.15) is 25.3 Å². The summed E-state index contributed by atoms with van der Waals surface area (Å²) in [4.78, 5) is 12.2. The van der Waals surface area contributed by atoms with Gasteiger partial charge >= 0.3 is 0 Å². The van der Waals surface area contributed by atoms with E-state index in [0.29, 0.717) is 22.2 Å². The average molecular weight is 278 g/mol. The quantitative estimate of drug-likeness (QED) is 0.873. The zero-order chi connectivity index (χ0) is 13.8. The van der Waals surface area contributed by atoms with Crippen LogP contribution >= 0.6 is 11.6 Å². The van der Waals surface area contributed by atoms with Crippen molar-refractivity contribution in [3.8, 4) is 6.07 Å². The van der Waals surface area contributed by atoms with E-state index in [-0.39, 0.29) is 11.9 Å². The maximum atomic E-state index is 12.2. The fourth-order valence-corrected chi connectivity index (χ4v) is 2.47. The van der Waals surface area contributed by atoms with Crippen LogP contribution in [0.5, 0.6) is 0 Å². The number of nitrogens with one attached hydrogen (secondary N) is 2. The van der Waals surface area contributed by atoms with E-state index in [2.05, 4.69) is 17.6 Å². The predicted octanol–water partition coefficient (Wildman–Crippen LogP) is 2.54. The van der Waals surface area contributed by atoms with Crippen molar-refractivity contribution in [2.45, 2.75) is 25.8 Å². The third-order valence-corrected chi connectivity index (χ3v) is 3.73. The van der Waals surface area contributed by atoms with Gasteiger partial charge < -0.3 is 10.6 Å². The lowest BCUT2D eigenvalue weighted by atomic mass is 9.92. The van der Waals surface area contributed by atoms with Gasteiger partial charge in [-0.3, -0.25) is 4.79 Å². The molecule has 1 heterocycles. The van der Waals surface area contributed by atoms with Crippen LogP contribution in [0, 0.1) is 17.2 Å². The van der Waals surface area contributed by atoms with Gasteiger partial charge in [0.2, 0.25) is 5.91 Å². The first-order chi connectivity index (χ1) is 9.11. The van der Waals surface area contributed by atoms with E-state index in [1.54, 1.807) is 18.2 Å². The summed E-state index contributed by atoms with van der Waals surface area (Å²) in [6.07, 6.45) is 2.13. The summed E-state index contributed by atoms with van der Waals surface area (Å²) in [6, 6.07) is 6.67. The highest BCUT2D eigenvalue weighted by atomic mass is 35.5. The first-order valence-corrected chi connectivity index (χ1v) is 6.73. The maximum absolute atomic E-state index is 12.2. The number of carbonyl (C=O) groups is 1. The number of benzene rings is 1. The van der Waals surface area contributed by atoms with Crippen molar-refractivity contribution >= 4 is 23.2 Å². The largest absolute Gasteiger partial charge is 0.323 e. The lowest BCUT2D eigenvalue weighted by Crippen LogP contribution is -2.48. The molecule has 19 heavy (non-hydrogen) atoms. The molecule has 0 radical (unpaired) electrons. The van der Waals surface area contributed by atoms with E-state index in [0.717, 1.165) is 19.4 Å². The molecule has 100 valence electrons. The molecule has 2 rings (SSSR count). The summed E-state index contributed by atoms with van der Waals surface area (Å²) in [7, 11) is 0. The Balaban J connectivity index is 2.12. The maximum Gasteiger partial charge on any atom is 0.241 e. The lowest BCUT2D eigenvalue weighted by Gasteiger charge is -2.29. The minimum Gasteiger partial charge on any atom is -0.323 e. The first kappa shape index (κ1) is 13.9. The minimum absolute atomic E-state index is 0.0933. The van der Waals surface area contributed by atoms with E-state index in [1.807, 2.05) is 6.07 Å². The van der Waals surface area contributed by atoms with Crippen molar-refractivity contribution in [1.82, 2.24) is 5.32 Å². The summed E-state index contributed by atoms with van der Waals surface area (Å²) in [5, 5.41) is 15.3. The zero-order valence-electron chi connectivity index (χ0n) is 10.7. The monoisotopic (exact) mass is 277 g/mol.